The number of amides is 1. The topological polar surface area (TPSA) is 69.0 Å². The maximum Gasteiger partial charge on any atom is 0.265 e. The molecular weight excluding hydrogens is 388 g/mol. The number of hydrogen-bond acceptors (Lipinski definition) is 4. The van der Waals surface area contributed by atoms with E-state index in [0.29, 0.717) is 11.5 Å². The summed E-state index contributed by atoms with van der Waals surface area (Å²) in [5.74, 6) is 0.177. The van der Waals surface area contributed by atoms with Gasteiger partial charge in [0, 0.05) is 17.1 Å². The largest absolute Gasteiger partial charge is 0.464 e. The SMILES string of the molecule is Cc1cccc(C)c1NC(=O)C(C)Oc1cc(C)c2c(C)nn(-c3ccccc3)c2n1. The fourth-order valence-corrected chi connectivity index (χ4v) is 3.75. The van der Waals surface area contributed by atoms with E-state index in [0.717, 1.165) is 39.1 Å². The first kappa shape index (κ1) is 20.6. The van der Waals surface area contributed by atoms with Gasteiger partial charge < -0.3 is 10.1 Å². The Bertz CT molecular complexity index is 1240. The number of para-hydroxylation sites is 2. The molecule has 0 aliphatic rings. The quantitative estimate of drug-likeness (QED) is 0.496. The van der Waals surface area contributed by atoms with E-state index in [1.165, 1.54) is 0 Å². The number of carbonyl (C=O) groups excluding carboxylic acids is 1. The van der Waals surface area contributed by atoms with Crippen molar-refractivity contribution < 1.29 is 9.53 Å². The number of aryl methyl sites for hydroxylation is 4. The van der Waals surface area contributed by atoms with Gasteiger partial charge in [0.25, 0.3) is 5.91 Å². The number of benzene rings is 2. The lowest BCUT2D eigenvalue weighted by Crippen LogP contribution is -2.31. The molecule has 0 spiro atoms. The molecule has 4 rings (SSSR count). The Labute approximate surface area is 181 Å². The second kappa shape index (κ2) is 8.22. The van der Waals surface area contributed by atoms with Crippen LogP contribution in [0.5, 0.6) is 5.88 Å². The maximum atomic E-state index is 12.8. The molecule has 0 saturated heterocycles. The van der Waals surface area contributed by atoms with Gasteiger partial charge in [0.15, 0.2) is 11.8 Å². The zero-order valence-electron chi connectivity index (χ0n) is 18.4. The average Bonchev–Trinajstić information content (AvgIpc) is 3.08. The summed E-state index contributed by atoms with van der Waals surface area (Å²) >= 11 is 0. The smallest absolute Gasteiger partial charge is 0.265 e. The number of anilines is 1. The predicted octanol–water partition coefficient (Wildman–Crippen LogP) is 5.06. The van der Waals surface area contributed by atoms with Crippen molar-refractivity contribution in [1.82, 2.24) is 14.8 Å². The van der Waals surface area contributed by atoms with Gasteiger partial charge in [-0.1, -0.05) is 36.4 Å². The minimum Gasteiger partial charge on any atom is -0.464 e. The highest BCUT2D eigenvalue weighted by atomic mass is 16.5. The van der Waals surface area contributed by atoms with Crippen LogP contribution in [-0.4, -0.2) is 26.8 Å². The molecule has 4 aromatic rings. The molecule has 1 atom stereocenters. The molecule has 1 amide bonds. The number of nitrogens with zero attached hydrogens (tertiary/aromatic N) is 3. The summed E-state index contributed by atoms with van der Waals surface area (Å²) in [6.45, 7) is 9.64. The highest BCUT2D eigenvalue weighted by Crippen LogP contribution is 2.27. The van der Waals surface area contributed by atoms with Gasteiger partial charge in [0.2, 0.25) is 5.88 Å². The number of ether oxygens (including phenoxy) is 1. The van der Waals surface area contributed by atoms with Crippen LogP contribution in [0.1, 0.15) is 29.3 Å². The minimum atomic E-state index is -0.711. The van der Waals surface area contributed by atoms with Crippen LogP contribution < -0.4 is 10.1 Å². The monoisotopic (exact) mass is 414 g/mol. The van der Waals surface area contributed by atoms with Gasteiger partial charge in [-0.3, -0.25) is 4.79 Å². The molecule has 2 heterocycles. The highest BCUT2D eigenvalue weighted by molar-refractivity contribution is 5.95. The Morgan fingerprint density at radius 3 is 2.32 bits per heavy atom. The molecule has 2 aromatic heterocycles. The Kier molecular flexibility index (Phi) is 5.46. The fourth-order valence-electron chi connectivity index (χ4n) is 3.75. The molecule has 0 radical (unpaired) electrons. The maximum absolute atomic E-state index is 12.8. The van der Waals surface area contributed by atoms with Crippen molar-refractivity contribution >= 4 is 22.6 Å². The third-order valence-corrected chi connectivity index (χ3v) is 5.38. The van der Waals surface area contributed by atoms with Gasteiger partial charge in [-0.15, -0.1) is 0 Å². The minimum absolute atomic E-state index is 0.218. The van der Waals surface area contributed by atoms with E-state index in [-0.39, 0.29) is 5.91 Å². The van der Waals surface area contributed by atoms with E-state index in [2.05, 4.69) is 10.4 Å². The summed E-state index contributed by atoms with van der Waals surface area (Å²) < 4.78 is 7.76. The summed E-state index contributed by atoms with van der Waals surface area (Å²) in [7, 11) is 0. The molecule has 158 valence electrons. The summed E-state index contributed by atoms with van der Waals surface area (Å²) in [5, 5.41) is 8.64. The second-order valence-corrected chi connectivity index (χ2v) is 7.82. The molecule has 6 nitrogen and oxygen atoms in total. The Morgan fingerprint density at radius 1 is 0.968 bits per heavy atom. The van der Waals surface area contributed by atoms with Crippen LogP contribution in [0.2, 0.25) is 0 Å². The number of rotatable bonds is 5. The molecule has 0 aliphatic carbocycles. The van der Waals surface area contributed by atoms with E-state index in [1.807, 2.05) is 87.0 Å². The van der Waals surface area contributed by atoms with Crippen LogP contribution in [0, 0.1) is 27.7 Å². The highest BCUT2D eigenvalue weighted by Gasteiger charge is 2.20. The van der Waals surface area contributed by atoms with Crippen molar-refractivity contribution in [2.75, 3.05) is 5.32 Å². The first-order chi connectivity index (χ1) is 14.8. The molecule has 6 heteroatoms. The first-order valence-electron chi connectivity index (χ1n) is 10.3. The Balaban J connectivity index is 1.63. The van der Waals surface area contributed by atoms with Crippen molar-refractivity contribution in [3.8, 4) is 11.6 Å². The van der Waals surface area contributed by atoms with Gasteiger partial charge in [-0.05, 0) is 63.4 Å². The van der Waals surface area contributed by atoms with Gasteiger partial charge in [0.1, 0.15) is 0 Å². The third-order valence-electron chi connectivity index (χ3n) is 5.38. The van der Waals surface area contributed by atoms with Crippen molar-refractivity contribution in [2.24, 2.45) is 0 Å². The van der Waals surface area contributed by atoms with E-state index in [1.54, 1.807) is 6.92 Å². The number of carbonyl (C=O) groups is 1. The Morgan fingerprint density at radius 2 is 1.65 bits per heavy atom. The number of aromatic nitrogens is 3. The fraction of sp³-hybridized carbons (Fsp3) is 0.240. The van der Waals surface area contributed by atoms with E-state index in [4.69, 9.17) is 9.72 Å². The zero-order valence-corrected chi connectivity index (χ0v) is 18.4. The van der Waals surface area contributed by atoms with Gasteiger partial charge in [-0.25, -0.2) is 4.68 Å². The van der Waals surface area contributed by atoms with E-state index >= 15 is 0 Å². The third kappa shape index (κ3) is 4.01. The van der Waals surface area contributed by atoms with Crippen LogP contribution in [0.3, 0.4) is 0 Å². The number of nitrogens with one attached hydrogen (secondary N) is 1. The van der Waals surface area contributed by atoms with Crippen molar-refractivity contribution in [1.29, 1.82) is 0 Å². The molecule has 0 saturated carbocycles. The normalized spacial score (nSPS) is 12.0. The molecule has 1 N–H and O–H groups in total. The molecule has 2 aromatic carbocycles. The van der Waals surface area contributed by atoms with Gasteiger partial charge in [-0.2, -0.15) is 10.1 Å². The summed E-state index contributed by atoms with van der Waals surface area (Å²) in [4.78, 5) is 17.5. The van der Waals surface area contributed by atoms with Crippen molar-refractivity contribution in [3.63, 3.8) is 0 Å². The molecule has 1 unspecified atom stereocenters. The van der Waals surface area contributed by atoms with Crippen LogP contribution in [-0.2, 0) is 4.79 Å². The van der Waals surface area contributed by atoms with E-state index in [9.17, 15) is 4.79 Å². The summed E-state index contributed by atoms with van der Waals surface area (Å²) in [6, 6.07) is 17.6. The lowest BCUT2D eigenvalue weighted by atomic mass is 10.1. The van der Waals surface area contributed by atoms with Crippen molar-refractivity contribution in [2.45, 2.75) is 40.7 Å². The van der Waals surface area contributed by atoms with Crippen LogP contribution in [0.4, 0.5) is 5.69 Å². The average molecular weight is 415 g/mol. The van der Waals surface area contributed by atoms with Crippen LogP contribution >= 0.6 is 0 Å². The molecule has 0 aliphatic heterocycles. The van der Waals surface area contributed by atoms with Crippen LogP contribution in [0.15, 0.2) is 54.6 Å². The Hall–Kier alpha value is -3.67. The number of pyridine rings is 1. The molecule has 31 heavy (non-hydrogen) atoms. The second-order valence-electron chi connectivity index (χ2n) is 7.82. The lowest BCUT2D eigenvalue weighted by molar-refractivity contribution is -0.122. The van der Waals surface area contributed by atoms with Gasteiger partial charge >= 0.3 is 0 Å². The van der Waals surface area contributed by atoms with Crippen LogP contribution in [0.25, 0.3) is 16.7 Å². The number of fused-ring (bicyclic) bond motifs is 1. The lowest BCUT2D eigenvalue weighted by Gasteiger charge is -2.17. The zero-order chi connectivity index (χ0) is 22.1. The first-order valence-corrected chi connectivity index (χ1v) is 10.3. The molecular formula is C25H26N4O2. The standard InChI is InChI=1S/C25H26N4O2/c1-15-10-9-11-16(2)23(15)27-25(30)19(5)31-21-14-17(3)22-18(4)28-29(24(22)26-21)20-12-7-6-8-13-20/h6-14,19H,1-5H3,(H,27,30). The van der Waals surface area contributed by atoms with Crippen molar-refractivity contribution in [3.05, 3.63) is 77.0 Å². The predicted molar refractivity (Wildman–Crippen MR) is 123 cm³/mol. The number of hydrogen-bond donors (Lipinski definition) is 1. The molecule has 0 fully saturated rings. The van der Waals surface area contributed by atoms with Gasteiger partial charge in [0.05, 0.1) is 11.4 Å². The van der Waals surface area contributed by atoms with E-state index < -0.39 is 6.10 Å². The summed E-state index contributed by atoms with van der Waals surface area (Å²) in [5.41, 5.74) is 6.38. The molecule has 0 bridgehead atoms. The summed E-state index contributed by atoms with van der Waals surface area (Å²) in [6.07, 6.45) is -0.711.